The first-order valence-electron chi connectivity index (χ1n) is 10.9. The van der Waals surface area contributed by atoms with Gasteiger partial charge in [0.05, 0.1) is 15.5 Å². The number of thiophene rings is 1. The summed E-state index contributed by atoms with van der Waals surface area (Å²) in [7, 11) is -3.43. The topological polar surface area (TPSA) is 79.2 Å². The van der Waals surface area contributed by atoms with Crippen LogP contribution in [0.2, 0.25) is 0 Å². The summed E-state index contributed by atoms with van der Waals surface area (Å²) in [5.74, 6) is 1.08. The van der Waals surface area contributed by atoms with Crippen LogP contribution in [0.25, 0.3) is 16.1 Å². The van der Waals surface area contributed by atoms with E-state index in [-0.39, 0.29) is 10.6 Å². The van der Waals surface area contributed by atoms with Crippen molar-refractivity contribution in [3.8, 4) is 21.9 Å². The lowest BCUT2D eigenvalue weighted by Gasteiger charge is -2.13. The van der Waals surface area contributed by atoms with Crippen LogP contribution in [0.3, 0.4) is 0 Å². The second kappa shape index (κ2) is 10.6. The lowest BCUT2D eigenvalue weighted by molar-refractivity contribution is -0.0583. The molecular weight excluding hydrogens is 521 g/mol. The predicted octanol–water partition coefficient (Wildman–Crippen LogP) is 7.65. The Labute approximate surface area is 216 Å². The van der Waals surface area contributed by atoms with Crippen molar-refractivity contribution in [2.45, 2.75) is 11.1 Å². The molecule has 2 N–H and O–H groups in total. The molecule has 0 aliphatic carbocycles. The molecule has 0 bridgehead atoms. The van der Waals surface area contributed by atoms with E-state index in [2.05, 4.69) is 5.32 Å². The highest BCUT2D eigenvalue weighted by atomic mass is 32.2. The Balaban J connectivity index is 1.67. The number of allylic oxidation sites excluding steroid dienone is 1. The van der Waals surface area contributed by atoms with Crippen LogP contribution in [0, 0.1) is 5.41 Å². The number of ether oxygens (including phenoxy) is 1. The molecule has 3 aromatic carbocycles. The highest BCUT2D eigenvalue weighted by molar-refractivity contribution is 7.90. The van der Waals surface area contributed by atoms with Crippen molar-refractivity contribution in [1.82, 2.24) is 0 Å². The average Bonchev–Trinajstić information content (AvgIpc) is 3.34. The van der Waals surface area contributed by atoms with E-state index in [1.807, 2.05) is 18.2 Å². The van der Waals surface area contributed by atoms with Gasteiger partial charge in [-0.1, -0.05) is 36.4 Å². The number of hydrogen-bond acceptors (Lipinski definition) is 6. The number of alkyl halides is 3. The van der Waals surface area contributed by atoms with Gasteiger partial charge in [-0.3, -0.25) is 5.41 Å². The molecule has 0 unspecified atom stereocenters. The molecule has 0 spiro atoms. The van der Waals surface area contributed by atoms with Gasteiger partial charge >= 0.3 is 6.18 Å². The van der Waals surface area contributed by atoms with E-state index in [0.29, 0.717) is 32.5 Å². The molecule has 0 aliphatic heterocycles. The number of sulfone groups is 1. The molecule has 1 aromatic heterocycles. The van der Waals surface area contributed by atoms with E-state index in [0.717, 1.165) is 12.3 Å². The first kappa shape index (κ1) is 26.2. The zero-order valence-corrected chi connectivity index (χ0v) is 21.0. The molecule has 1 heterocycles. The molecule has 4 rings (SSSR count). The van der Waals surface area contributed by atoms with Gasteiger partial charge in [0.1, 0.15) is 17.2 Å². The summed E-state index contributed by atoms with van der Waals surface area (Å²) in [5.41, 5.74) is -0.373. The van der Waals surface area contributed by atoms with Crippen molar-refractivity contribution in [1.29, 1.82) is 5.41 Å². The Bertz CT molecular complexity index is 1560. The van der Waals surface area contributed by atoms with Gasteiger partial charge in [-0.2, -0.15) is 13.2 Å². The monoisotopic (exact) mass is 542 g/mol. The van der Waals surface area contributed by atoms with E-state index in [1.54, 1.807) is 60.7 Å². The van der Waals surface area contributed by atoms with Crippen molar-refractivity contribution < 1.29 is 26.3 Å². The van der Waals surface area contributed by atoms with Crippen molar-refractivity contribution in [2.75, 3.05) is 11.6 Å². The van der Waals surface area contributed by atoms with E-state index in [1.165, 1.54) is 23.5 Å². The lowest BCUT2D eigenvalue weighted by atomic mass is 10.2. The number of anilines is 1. The third-order valence-corrected chi connectivity index (χ3v) is 7.38. The van der Waals surface area contributed by atoms with Gasteiger partial charge in [-0.05, 0) is 60.2 Å². The van der Waals surface area contributed by atoms with E-state index in [9.17, 15) is 21.6 Å². The number of hydrogen-bond donors (Lipinski definition) is 2. The maximum atomic E-state index is 13.2. The zero-order valence-electron chi connectivity index (χ0n) is 19.4. The number of para-hydroxylation sites is 1. The average molecular weight is 543 g/mol. The van der Waals surface area contributed by atoms with Gasteiger partial charge in [-0.25, -0.2) is 8.42 Å². The summed E-state index contributed by atoms with van der Waals surface area (Å²) >= 11 is 1.17. The Morgan fingerprint density at radius 2 is 1.62 bits per heavy atom. The molecule has 37 heavy (non-hydrogen) atoms. The fourth-order valence-electron chi connectivity index (χ4n) is 3.33. The Kier molecular flexibility index (Phi) is 7.51. The second-order valence-corrected chi connectivity index (χ2v) is 11.1. The molecule has 0 saturated carbocycles. The second-order valence-electron chi connectivity index (χ2n) is 8.00. The van der Waals surface area contributed by atoms with Gasteiger partial charge in [-0.15, -0.1) is 11.3 Å². The molecule has 0 aliphatic rings. The van der Waals surface area contributed by atoms with Crippen LogP contribution >= 0.6 is 11.3 Å². The molecule has 10 heteroatoms. The Morgan fingerprint density at radius 1 is 0.919 bits per heavy atom. The largest absolute Gasteiger partial charge is 0.457 e. The van der Waals surface area contributed by atoms with Crippen molar-refractivity contribution in [2.24, 2.45) is 0 Å². The Hall–Kier alpha value is -3.89. The summed E-state index contributed by atoms with van der Waals surface area (Å²) in [4.78, 5) is 1.24. The summed E-state index contributed by atoms with van der Waals surface area (Å²) < 4.78 is 69.4. The van der Waals surface area contributed by atoms with E-state index in [4.69, 9.17) is 10.1 Å². The van der Waals surface area contributed by atoms with Crippen LogP contribution in [-0.4, -0.2) is 26.6 Å². The smallest absolute Gasteiger partial charge is 0.432 e. The van der Waals surface area contributed by atoms with Gasteiger partial charge in [0.2, 0.25) is 0 Å². The van der Waals surface area contributed by atoms with Gasteiger partial charge in [0, 0.05) is 22.9 Å². The summed E-state index contributed by atoms with van der Waals surface area (Å²) in [6.07, 6.45) is -2.99. The molecule has 4 aromatic rings. The molecule has 190 valence electrons. The molecule has 5 nitrogen and oxygen atoms in total. The molecule has 0 saturated heterocycles. The van der Waals surface area contributed by atoms with E-state index >= 15 is 0 Å². The fourth-order valence-corrected chi connectivity index (χ4v) is 4.97. The van der Waals surface area contributed by atoms with Crippen LogP contribution in [0.5, 0.6) is 11.5 Å². The lowest BCUT2D eigenvalue weighted by Crippen LogP contribution is -2.20. The first-order valence-corrected chi connectivity index (χ1v) is 13.6. The standard InChI is InChI=1S/C27H21F3N2O3S2/c1-37(33,34)22-12-5-7-18(15-22)24-13-14-25(36-24)23(17-26(31)27(28,29)30)32-19-8-6-11-21(16-19)35-20-9-3-2-4-10-20/h2-17,31-32H,1H3/b23-17-,31-26?. The minimum atomic E-state index is -4.82. The maximum Gasteiger partial charge on any atom is 0.432 e. The van der Waals surface area contributed by atoms with Crippen LogP contribution < -0.4 is 10.1 Å². The maximum absolute atomic E-state index is 13.2. The minimum absolute atomic E-state index is 0.0645. The number of halogens is 3. The van der Waals surface area contributed by atoms with Crippen molar-refractivity contribution in [3.05, 3.63) is 102 Å². The number of rotatable bonds is 8. The van der Waals surface area contributed by atoms with Crippen molar-refractivity contribution in [3.63, 3.8) is 0 Å². The van der Waals surface area contributed by atoms with E-state index < -0.39 is 21.7 Å². The molecule has 0 atom stereocenters. The molecule has 0 fully saturated rings. The van der Waals surface area contributed by atoms with Crippen LogP contribution in [0.1, 0.15) is 4.88 Å². The first-order chi connectivity index (χ1) is 17.5. The summed E-state index contributed by atoms with van der Waals surface area (Å²) in [6.45, 7) is 0. The quantitative estimate of drug-likeness (QED) is 0.224. The van der Waals surface area contributed by atoms with Crippen LogP contribution in [-0.2, 0) is 9.84 Å². The minimum Gasteiger partial charge on any atom is -0.457 e. The summed E-state index contributed by atoms with van der Waals surface area (Å²) in [6, 6.07) is 25.4. The Morgan fingerprint density at radius 3 is 2.32 bits per heavy atom. The van der Waals surface area contributed by atoms with Crippen molar-refractivity contribution >= 4 is 38.3 Å². The van der Waals surface area contributed by atoms with Crippen LogP contribution in [0.15, 0.2) is 102 Å². The summed E-state index contributed by atoms with van der Waals surface area (Å²) in [5, 5.41) is 10.5. The fraction of sp³-hybridized carbons (Fsp3) is 0.0741. The molecule has 0 amide bonds. The third-order valence-electron chi connectivity index (χ3n) is 5.10. The van der Waals surface area contributed by atoms with Gasteiger partial charge < -0.3 is 10.1 Å². The molecule has 0 radical (unpaired) electrons. The highest BCUT2D eigenvalue weighted by Crippen LogP contribution is 2.35. The SMILES string of the molecule is CS(=O)(=O)c1cccc(-c2ccc(/C(=C/C(=N)C(F)(F)F)Nc3cccc(Oc4ccccc4)c3)s2)c1. The number of benzene rings is 3. The normalized spacial score (nSPS) is 12.3. The predicted molar refractivity (Wildman–Crippen MR) is 141 cm³/mol. The zero-order chi connectivity index (χ0) is 26.6. The van der Waals surface area contributed by atoms with Crippen LogP contribution in [0.4, 0.5) is 18.9 Å². The third kappa shape index (κ3) is 6.87. The highest BCUT2D eigenvalue weighted by Gasteiger charge is 2.33. The number of nitrogens with one attached hydrogen (secondary N) is 2. The van der Waals surface area contributed by atoms with Gasteiger partial charge in [0.15, 0.2) is 9.84 Å². The van der Waals surface area contributed by atoms with Gasteiger partial charge in [0.25, 0.3) is 0 Å². The molecular formula is C27H21F3N2O3S2.